The highest BCUT2D eigenvalue weighted by Gasteiger charge is 2.07. The van der Waals surface area contributed by atoms with Crippen LogP contribution in [-0.2, 0) is 6.54 Å². The lowest BCUT2D eigenvalue weighted by molar-refractivity contribution is 0.686. The van der Waals surface area contributed by atoms with Gasteiger partial charge in [0.05, 0.1) is 17.6 Å². The van der Waals surface area contributed by atoms with Gasteiger partial charge in [-0.05, 0) is 19.4 Å². The predicted octanol–water partition coefficient (Wildman–Crippen LogP) is 2.88. The second-order valence-electron chi connectivity index (χ2n) is 4.55. The molecule has 2 N–H and O–H groups in total. The van der Waals surface area contributed by atoms with Crippen molar-refractivity contribution in [2.24, 2.45) is 4.99 Å². The summed E-state index contributed by atoms with van der Waals surface area (Å²) < 4.78 is 0. The number of aliphatic imine (C=N–C) groups is 1. The van der Waals surface area contributed by atoms with E-state index in [1.807, 2.05) is 31.3 Å². The number of nitrogens with zero attached hydrogens (tertiary/aromatic N) is 2. The van der Waals surface area contributed by atoms with Gasteiger partial charge in [-0.1, -0.05) is 30.3 Å². The van der Waals surface area contributed by atoms with Gasteiger partial charge in [-0.2, -0.15) is 0 Å². The van der Waals surface area contributed by atoms with Gasteiger partial charge in [-0.3, -0.25) is 4.99 Å². The molecule has 0 bridgehead atoms. The largest absolute Gasteiger partial charge is 0.351 e. The molecule has 0 aliphatic heterocycles. The van der Waals surface area contributed by atoms with Gasteiger partial charge in [0.15, 0.2) is 5.96 Å². The second-order valence-corrected chi connectivity index (χ2v) is 5.87. The molecule has 0 saturated heterocycles. The molecular weight excluding hydrogens is 268 g/mol. The molecule has 106 valence electrons. The van der Waals surface area contributed by atoms with E-state index < -0.39 is 0 Å². The lowest BCUT2D eigenvalue weighted by Gasteiger charge is -2.17. The zero-order valence-corrected chi connectivity index (χ0v) is 12.9. The minimum atomic E-state index is 0.214. The number of aromatic nitrogens is 1. The molecule has 0 aliphatic carbocycles. The Bertz CT molecular complexity index is 562. The number of rotatable bonds is 4. The third-order valence-electron chi connectivity index (χ3n) is 2.98. The van der Waals surface area contributed by atoms with Crippen LogP contribution in [0.2, 0.25) is 0 Å². The first kappa shape index (κ1) is 14.5. The molecule has 4 nitrogen and oxygen atoms in total. The summed E-state index contributed by atoms with van der Waals surface area (Å²) in [7, 11) is 1.78. The number of nitrogens with one attached hydrogen (secondary N) is 2. The Hall–Kier alpha value is -1.88. The Morgan fingerprint density at radius 1 is 1.35 bits per heavy atom. The molecule has 1 atom stereocenters. The minimum Gasteiger partial charge on any atom is -0.351 e. The van der Waals surface area contributed by atoms with E-state index in [-0.39, 0.29) is 6.04 Å². The summed E-state index contributed by atoms with van der Waals surface area (Å²) >= 11 is 1.70. The number of benzene rings is 1. The molecule has 1 heterocycles. The molecule has 1 aromatic heterocycles. The van der Waals surface area contributed by atoms with Crippen LogP contribution in [0.4, 0.5) is 0 Å². The van der Waals surface area contributed by atoms with Crippen molar-refractivity contribution in [1.82, 2.24) is 15.6 Å². The van der Waals surface area contributed by atoms with Crippen LogP contribution in [0.3, 0.4) is 0 Å². The van der Waals surface area contributed by atoms with Gasteiger partial charge in [0.2, 0.25) is 0 Å². The highest BCUT2D eigenvalue weighted by Crippen LogP contribution is 2.12. The molecule has 1 unspecified atom stereocenters. The van der Waals surface area contributed by atoms with E-state index in [0.717, 1.165) is 17.5 Å². The van der Waals surface area contributed by atoms with Crippen LogP contribution in [0, 0.1) is 6.92 Å². The van der Waals surface area contributed by atoms with Crippen molar-refractivity contribution in [2.45, 2.75) is 26.4 Å². The number of thiazole rings is 1. The second kappa shape index (κ2) is 7.05. The Morgan fingerprint density at radius 3 is 2.70 bits per heavy atom. The van der Waals surface area contributed by atoms with Crippen molar-refractivity contribution in [3.05, 3.63) is 52.0 Å². The highest BCUT2D eigenvalue weighted by atomic mass is 32.1. The first-order chi connectivity index (χ1) is 9.69. The SMILES string of the molecule is CN=C(NCc1cnc(C)s1)NC(C)c1ccccc1. The normalized spacial score (nSPS) is 13.1. The van der Waals surface area contributed by atoms with Gasteiger partial charge in [-0.15, -0.1) is 11.3 Å². The van der Waals surface area contributed by atoms with Gasteiger partial charge in [0.1, 0.15) is 0 Å². The van der Waals surface area contributed by atoms with E-state index >= 15 is 0 Å². The summed E-state index contributed by atoms with van der Waals surface area (Å²) in [6.45, 7) is 4.88. The summed E-state index contributed by atoms with van der Waals surface area (Å²) in [6, 6.07) is 10.5. The predicted molar refractivity (Wildman–Crippen MR) is 85.0 cm³/mol. The fraction of sp³-hybridized carbons (Fsp3) is 0.333. The topological polar surface area (TPSA) is 49.3 Å². The molecule has 2 aromatic rings. The zero-order chi connectivity index (χ0) is 14.4. The van der Waals surface area contributed by atoms with Gasteiger partial charge in [0.25, 0.3) is 0 Å². The average molecular weight is 288 g/mol. The van der Waals surface area contributed by atoms with Crippen LogP contribution in [0.15, 0.2) is 41.5 Å². The highest BCUT2D eigenvalue weighted by molar-refractivity contribution is 7.11. The summed E-state index contributed by atoms with van der Waals surface area (Å²) in [5.41, 5.74) is 1.24. The van der Waals surface area contributed by atoms with E-state index in [4.69, 9.17) is 0 Å². The van der Waals surface area contributed by atoms with Crippen molar-refractivity contribution < 1.29 is 0 Å². The lowest BCUT2D eigenvalue weighted by Crippen LogP contribution is -2.38. The van der Waals surface area contributed by atoms with E-state index in [1.54, 1.807) is 18.4 Å². The smallest absolute Gasteiger partial charge is 0.191 e. The third kappa shape index (κ3) is 4.06. The molecule has 20 heavy (non-hydrogen) atoms. The summed E-state index contributed by atoms with van der Waals surface area (Å²) in [5, 5.41) is 7.78. The first-order valence-electron chi connectivity index (χ1n) is 6.62. The summed E-state index contributed by atoms with van der Waals surface area (Å²) in [4.78, 5) is 9.71. The third-order valence-corrected chi connectivity index (χ3v) is 3.89. The van der Waals surface area contributed by atoms with E-state index in [0.29, 0.717) is 0 Å². The van der Waals surface area contributed by atoms with E-state index in [1.165, 1.54) is 10.4 Å². The quantitative estimate of drug-likeness (QED) is 0.672. The maximum Gasteiger partial charge on any atom is 0.191 e. The molecule has 0 aliphatic rings. The first-order valence-corrected chi connectivity index (χ1v) is 7.44. The summed E-state index contributed by atoms with van der Waals surface area (Å²) in [6.07, 6.45) is 1.90. The molecule has 0 radical (unpaired) electrons. The fourth-order valence-corrected chi connectivity index (χ4v) is 2.62. The van der Waals surface area contributed by atoms with E-state index in [9.17, 15) is 0 Å². The standard InChI is InChI=1S/C15H20N4S/c1-11(13-7-5-4-6-8-13)19-15(16-3)18-10-14-9-17-12(2)20-14/h4-9,11H,10H2,1-3H3,(H2,16,18,19). The Morgan fingerprint density at radius 2 is 2.10 bits per heavy atom. The van der Waals surface area contributed by atoms with Crippen molar-refractivity contribution >= 4 is 17.3 Å². The molecule has 0 fully saturated rings. The van der Waals surface area contributed by atoms with Gasteiger partial charge in [0, 0.05) is 18.1 Å². The van der Waals surface area contributed by atoms with Gasteiger partial charge in [-0.25, -0.2) is 4.98 Å². The molecule has 0 spiro atoms. The molecule has 2 rings (SSSR count). The number of aryl methyl sites for hydroxylation is 1. The van der Waals surface area contributed by atoms with Gasteiger partial charge >= 0.3 is 0 Å². The van der Waals surface area contributed by atoms with Crippen molar-refractivity contribution in [2.75, 3.05) is 7.05 Å². The van der Waals surface area contributed by atoms with Crippen LogP contribution >= 0.6 is 11.3 Å². The van der Waals surface area contributed by atoms with Crippen LogP contribution in [-0.4, -0.2) is 18.0 Å². The van der Waals surface area contributed by atoms with Crippen molar-refractivity contribution in [3.8, 4) is 0 Å². The fourth-order valence-electron chi connectivity index (χ4n) is 1.88. The van der Waals surface area contributed by atoms with Crippen molar-refractivity contribution in [3.63, 3.8) is 0 Å². The molecule has 0 saturated carbocycles. The number of guanidine groups is 1. The van der Waals surface area contributed by atoms with E-state index in [2.05, 4.69) is 39.7 Å². The Balaban J connectivity index is 1.89. The van der Waals surface area contributed by atoms with Crippen LogP contribution in [0.25, 0.3) is 0 Å². The average Bonchev–Trinajstić information content (AvgIpc) is 2.89. The molecular formula is C15H20N4S. The zero-order valence-electron chi connectivity index (χ0n) is 12.1. The Labute approximate surface area is 124 Å². The number of hydrogen-bond donors (Lipinski definition) is 2. The maximum absolute atomic E-state index is 4.25. The maximum atomic E-state index is 4.25. The van der Waals surface area contributed by atoms with Crippen LogP contribution in [0.5, 0.6) is 0 Å². The van der Waals surface area contributed by atoms with Crippen LogP contribution in [0.1, 0.15) is 28.4 Å². The van der Waals surface area contributed by atoms with Gasteiger partial charge < -0.3 is 10.6 Å². The molecule has 0 amide bonds. The molecule has 5 heteroatoms. The molecule has 1 aromatic carbocycles. The summed E-state index contributed by atoms with van der Waals surface area (Å²) in [5.74, 6) is 0.799. The minimum absolute atomic E-state index is 0.214. The Kier molecular flexibility index (Phi) is 5.12. The van der Waals surface area contributed by atoms with Crippen molar-refractivity contribution in [1.29, 1.82) is 0 Å². The monoisotopic (exact) mass is 288 g/mol. The lowest BCUT2D eigenvalue weighted by atomic mass is 10.1. The number of hydrogen-bond acceptors (Lipinski definition) is 3. The van der Waals surface area contributed by atoms with Crippen LogP contribution < -0.4 is 10.6 Å².